The van der Waals surface area contributed by atoms with E-state index in [9.17, 15) is 9.59 Å². The van der Waals surface area contributed by atoms with Gasteiger partial charge in [0.05, 0.1) is 5.92 Å². The van der Waals surface area contributed by atoms with Crippen LogP contribution in [0.4, 0.5) is 0 Å². The van der Waals surface area contributed by atoms with Crippen LogP contribution in [0.3, 0.4) is 0 Å². The van der Waals surface area contributed by atoms with Gasteiger partial charge >= 0.3 is 0 Å². The molecule has 0 bridgehead atoms. The van der Waals surface area contributed by atoms with E-state index in [2.05, 4.69) is 10.6 Å². The first kappa shape index (κ1) is 19.2. The number of hydrogen-bond donors (Lipinski definition) is 2. The fraction of sp³-hybridized carbons (Fsp3) is 0.875. The predicted octanol–water partition coefficient (Wildman–Crippen LogP) is 1.56. The number of nitrogens with zero attached hydrogens (tertiary/aromatic N) is 1. The standard InChI is InChI=1S/C16H29N3O2.ClH/c1-16(2,3)15(21)19-10-4-5-12(11-19)14(20)18-13-6-8-17-9-7-13;/h12-13,17H,4-11H2,1-3H3,(H,18,20);1H. The van der Waals surface area contributed by atoms with Gasteiger partial charge in [-0.05, 0) is 38.8 Å². The van der Waals surface area contributed by atoms with Crippen LogP contribution in [0.15, 0.2) is 0 Å². The summed E-state index contributed by atoms with van der Waals surface area (Å²) in [6, 6.07) is 0.299. The van der Waals surface area contributed by atoms with Crippen molar-refractivity contribution in [2.24, 2.45) is 11.3 Å². The van der Waals surface area contributed by atoms with E-state index in [1.54, 1.807) is 0 Å². The number of hydrogen-bond acceptors (Lipinski definition) is 3. The van der Waals surface area contributed by atoms with E-state index in [0.29, 0.717) is 12.6 Å². The molecule has 2 saturated heterocycles. The normalized spacial score (nSPS) is 23.6. The molecule has 1 atom stereocenters. The van der Waals surface area contributed by atoms with Crippen molar-refractivity contribution in [2.75, 3.05) is 26.2 Å². The molecule has 1 unspecified atom stereocenters. The Morgan fingerprint density at radius 2 is 1.77 bits per heavy atom. The van der Waals surface area contributed by atoms with Crippen LogP contribution >= 0.6 is 12.4 Å². The number of rotatable bonds is 2. The first-order valence-electron chi connectivity index (χ1n) is 8.18. The second-order valence-electron chi connectivity index (χ2n) is 7.37. The van der Waals surface area contributed by atoms with Gasteiger partial charge in [-0.3, -0.25) is 9.59 Å². The van der Waals surface area contributed by atoms with Crippen LogP contribution in [0, 0.1) is 11.3 Å². The van der Waals surface area contributed by atoms with Gasteiger partial charge in [0.15, 0.2) is 0 Å². The number of carbonyl (C=O) groups excluding carboxylic acids is 2. The summed E-state index contributed by atoms with van der Waals surface area (Å²) in [5.41, 5.74) is -0.368. The molecule has 0 saturated carbocycles. The van der Waals surface area contributed by atoms with Gasteiger partial charge in [0, 0.05) is 24.5 Å². The van der Waals surface area contributed by atoms with E-state index >= 15 is 0 Å². The lowest BCUT2D eigenvalue weighted by Crippen LogP contribution is -2.51. The maximum absolute atomic E-state index is 12.4. The monoisotopic (exact) mass is 331 g/mol. The number of likely N-dealkylation sites (tertiary alicyclic amines) is 1. The molecule has 2 fully saturated rings. The molecule has 2 heterocycles. The molecule has 0 aromatic carbocycles. The van der Waals surface area contributed by atoms with Crippen LogP contribution in [-0.2, 0) is 9.59 Å². The fourth-order valence-electron chi connectivity index (χ4n) is 3.14. The van der Waals surface area contributed by atoms with Crippen molar-refractivity contribution in [3.63, 3.8) is 0 Å². The molecule has 2 N–H and O–H groups in total. The predicted molar refractivity (Wildman–Crippen MR) is 90.0 cm³/mol. The summed E-state index contributed by atoms with van der Waals surface area (Å²) in [5.74, 6) is 0.245. The summed E-state index contributed by atoms with van der Waals surface area (Å²) in [6.45, 7) is 9.13. The van der Waals surface area contributed by atoms with Gasteiger partial charge in [-0.15, -0.1) is 12.4 Å². The van der Waals surface area contributed by atoms with Crippen LogP contribution in [0.5, 0.6) is 0 Å². The van der Waals surface area contributed by atoms with E-state index < -0.39 is 0 Å². The summed E-state index contributed by atoms with van der Waals surface area (Å²) in [5, 5.41) is 6.47. The second kappa shape index (κ2) is 8.16. The third-order valence-electron chi connectivity index (χ3n) is 4.41. The van der Waals surface area contributed by atoms with Gasteiger partial charge < -0.3 is 15.5 Å². The number of nitrogens with one attached hydrogen (secondary N) is 2. The molecular weight excluding hydrogens is 302 g/mol. The molecule has 2 aliphatic heterocycles. The van der Waals surface area contributed by atoms with E-state index in [0.717, 1.165) is 45.3 Å². The molecule has 22 heavy (non-hydrogen) atoms. The number of carbonyl (C=O) groups is 2. The van der Waals surface area contributed by atoms with Crippen molar-refractivity contribution < 1.29 is 9.59 Å². The van der Waals surface area contributed by atoms with Crippen LogP contribution in [0.2, 0.25) is 0 Å². The van der Waals surface area contributed by atoms with Gasteiger partial charge in [0.25, 0.3) is 0 Å². The van der Waals surface area contributed by atoms with Crippen molar-refractivity contribution in [1.29, 1.82) is 0 Å². The first-order valence-corrected chi connectivity index (χ1v) is 8.18. The molecule has 2 amide bonds. The van der Waals surface area contributed by atoms with Crippen molar-refractivity contribution in [1.82, 2.24) is 15.5 Å². The van der Waals surface area contributed by atoms with E-state index in [4.69, 9.17) is 0 Å². The van der Waals surface area contributed by atoms with Crippen molar-refractivity contribution in [3.8, 4) is 0 Å². The molecule has 128 valence electrons. The van der Waals surface area contributed by atoms with Crippen LogP contribution in [0.1, 0.15) is 46.5 Å². The van der Waals surface area contributed by atoms with Crippen molar-refractivity contribution in [2.45, 2.75) is 52.5 Å². The molecule has 6 heteroatoms. The summed E-state index contributed by atoms with van der Waals surface area (Å²) >= 11 is 0. The molecular formula is C16H30ClN3O2. The van der Waals surface area contributed by atoms with Crippen LogP contribution < -0.4 is 10.6 Å². The highest BCUT2D eigenvalue weighted by molar-refractivity contribution is 5.85. The molecule has 0 aromatic heterocycles. The summed E-state index contributed by atoms with van der Waals surface area (Å²) < 4.78 is 0. The second-order valence-corrected chi connectivity index (χ2v) is 7.37. The average Bonchev–Trinajstić information content (AvgIpc) is 2.46. The lowest BCUT2D eigenvalue weighted by atomic mass is 9.90. The Balaban J connectivity index is 0.00000242. The quantitative estimate of drug-likeness (QED) is 0.807. The molecule has 0 aliphatic carbocycles. The average molecular weight is 332 g/mol. The summed E-state index contributed by atoms with van der Waals surface area (Å²) in [7, 11) is 0. The minimum atomic E-state index is -0.368. The maximum Gasteiger partial charge on any atom is 0.227 e. The van der Waals surface area contributed by atoms with Gasteiger partial charge in [-0.2, -0.15) is 0 Å². The summed E-state index contributed by atoms with van der Waals surface area (Å²) in [6.07, 6.45) is 3.82. The first-order chi connectivity index (χ1) is 9.88. The zero-order chi connectivity index (χ0) is 15.5. The topological polar surface area (TPSA) is 61.4 Å². The Labute approximate surface area is 140 Å². The van der Waals surface area contributed by atoms with Crippen molar-refractivity contribution in [3.05, 3.63) is 0 Å². The van der Waals surface area contributed by atoms with Gasteiger partial charge in [-0.1, -0.05) is 20.8 Å². The third kappa shape index (κ3) is 5.13. The number of piperidine rings is 2. The molecule has 2 rings (SSSR count). The molecule has 0 radical (unpaired) electrons. The van der Waals surface area contributed by atoms with Gasteiger partial charge in [0.1, 0.15) is 0 Å². The Hall–Kier alpha value is -0.810. The minimum absolute atomic E-state index is 0. The van der Waals surface area contributed by atoms with E-state index in [1.165, 1.54) is 0 Å². The summed E-state index contributed by atoms with van der Waals surface area (Å²) in [4.78, 5) is 26.6. The van der Waals surface area contributed by atoms with E-state index in [1.807, 2.05) is 25.7 Å². The highest BCUT2D eigenvalue weighted by atomic mass is 35.5. The Morgan fingerprint density at radius 3 is 2.36 bits per heavy atom. The van der Waals surface area contributed by atoms with Gasteiger partial charge in [-0.25, -0.2) is 0 Å². The van der Waals surface area contributed by atoms with E-state index in [-0.39, 0.29) is 35.6 Å². The Bertz CT molecular complexity index is 389. The van der Waals surface area contributed by atoms with Crippen molar-refractivity contribution >= 4 is 24.2 Å². The van der Waals surface area contributed by atoms with Gasteiger partial charge in [0.2, 0.25) is 11.8 Å². The maximum atomic E-state index is 12.4. The lowest BCUT2D eigenvalue weighted by molar-refractivity contribution is -0.142. The molecule has 5 nitrogen and oxygen atoms in total. The largest absolute Gasteiger partial charge is 0.353 e. The number of amides is 2. The van der Waals surface area contributed by atoms with Crippen LogP contribution in [0.25, 0.3) is 0 Å². The third-order valence-corrected chi connectivity index (χ3v) is 4.41. The number of halogens is 1. The zero-order valence-electron chi connectivity index (χ0n) is 14.0. The molecule has 0 spiro atoms. The fourth-order valence-corrected chi connectivity index (χ4v) is 3.14. The SMILES string of the molecule is CC(C)(C)C(=O)N1CCCC(C(=O)NC2CCNCC2)C1.Cl. The molecule has 0 aromatic rings. The highest BCUT2D eigenvalue weighted by Gasteiger charge is 2.33. The lowest BCUT2D eigenvalue weighted by Gasteiger charge is -2.36. The smallest absolute Gasteiger partial charge is 0.227 e. The highest BCUT2D eigenvalue weighted by Crippen LogP contribution is 2.23. The van der Waals surface area contributed by atoms with Crippen LogP contribution in [-0.4, -0.2) is 48.9 Å². The zero-order valence-corrected chi connectivity index (χ0v) is 14.8. The Kier molecular flexibility index (Phi) is 7.13. The minimum Gasteiger partial charge on any atom is -0.353 e. The molecule has 2 aliphatic rings. The Morgan fingerprint density at radius 1 is 1.14 bits per heavy atom.